The summed E-state index contributed by atoms with van der Waals surface area (Å²) >= 11 is 2.28. The van der Waals surface area contributed by atoms with Crippen LogP contribution in [0.5, 0.6) is 0 Å². The fourth-order valence-electron chi connectivity index (χ4n) is 3.69. The highest BCUT2D eigenvalue weighted by Crippen LogP contribution is 2.40. The first kappa shape index (κ1) is 17.5. The van der Waals surface area contributed by atoms with Crippen LogP contribution in [0.3, 0.4) is 0 Å². The first-order valence-corrected chi connectivity index (χ1v) is 11.3. The molecule has 22 heavy (non-hydrogen) atoms. The standard InChI is InChI=1S/C18H25IN2Si/c1-13(2)22(14(3)4,15(5)6)12-11-21-17-10-8-7-9-16(17)20-18(21)19/h7-10,13-15H,1-6H3. The summed E-state index contributed by atoms with van der Waals surface area (Å²) in [7, 11) is -1.71. The van der Waals surface area contributed by atoms with Crippen LogP contribution < -0.4 is 0 Å². The maximum Gasteiger partial charge on any atom is 0.184 e. The van der Waals surface area contributed by atoms with Crippen LogP contribution in [-0.2, 0) is 0 Å². The second-order valence-electron chi connectivity index (χ2n) is 6.84. The summed E-state index contributed by atoms with van der Waals surface area (Å²) in [6.45, 7) is 14.1. The number of rotatable bonds is 3. The highest BCUT2D eigenvalue weighted by atomic mass is 127. The molecule has 0 radical (unpaired) electrons. The van der Waals surface area contributed by atoms with Gasteiger partial charge < -0.3 is 0 Å². The normalized spacial score (nSPS) is 12.3. The van der Waals surface area contributed by atoms with Gasteiger partial charge in [-0.25, -0.2) is 9.55 Å². The first-order chi connectivity index (χ1) is 10.3. The number of hydrogen-bond acceptors (Lipinski definition) is 1. The molecule has 1 aromatic heterocycles. The number of aromatic nitrogens is 2. The average Bonchev–Trinajstić information content (AvgIpc) is 2.74. The van der Waals surface area contributed by atoms with Gasteiger partial charge in [-0.3, -0.25) is 0 Å². The Morgan fingerprint density at radius 2 is 1.55 bits per heavy atom. The molecule has 1 heterocycles. The van der Waals surface area contributed by atoms with Gasteiger partial charge >= 0.3 is 0 Å². The van der Waals surface area contributed by atoms with Crippen LogP contribution in [0.15, 0.2) is 24.3 Å². The molecule has 0 atom stereocenters. The number of nitrogens with zero attached hydrogens (tertiary/aromatic N) is 2. The summed E-state index contributed by atoms with van der Waals surface area (Å²) in [4.78, 5) is 4.61. The topological polar surface area (TPSA) is 17.8 Å². The maximum atomic E-state index is 4.61. The van der Waals surface area contributed by atoms with Crippen LogP contribution in [0.4, 0.5) is 0 Å². The van der Waals surface area contributed by atoms with E-state index in [0.717, 1.165) is 14.9 Å². The highest BCUT2D eigenvalue weighted by molar-refractivity contribution is 14.1. The molecule has 0 amide bonds. The van der Waals surface area contributed by atoms with Crippen LogP contribution in [0.1, 0.15) is 41.5 Å². The van der Waals surface area contributed by atoms with Crippen LogP contribution in [-0.4, -0.2) is 17.6 Å². The van der Waals surface area contributed by atoms with E-state index < -0.39 is 8.07 Å². The van der Waals surface area contributed by atoms with Gasteiger partial charge in [-0.1, -0.05) is 53.7 Å². The third-order valence-corrected chi connectivity index (χ3v) is 11.8. The molecule has 0 unspecified atom stereocenters. The van der Waals surface area contributed by atoms with Gasteiger partial charge in [0.2, 0.25) is 0 Å². The Bertz CT molecular complexity index is 698. The Kier molecular flexibility index (Phi) is 5.39. The molecular weight excluding hydrogens is 399 g/mol. The lowest BCUT2D eigenvalue weighted by atomic mass is 10.3. The third kappa shape index (κ3) is 2.98. The number of imidazole rings is 1. The lowest BCUT2D eigenvalue weighted by Crippen LogP contribution is -2.43. The molecule has 1 aromatic carbocycles. The molecule has 2 rings (SSSR count). The Morgan fingerprint density at radius 3 is 2.09 bits per heavy atom. The van der Waals surface area contributed by atoms with Gasteiger partial charge in [0.25, 0.3) is 0 Å². The van der Waals surface area contributed by atoms with E-state index in [-0.39, 0.29) is 0 Å². The van der Waals surface area contributed by atoms with E-state index in [9.17, 15) is 0 Å². The first-order valence-electron chi connectivity index (χ1n) is 7.96. The van der Waals surface area contributed by atoms with Crippen LogP contribution >= 0.6 is 22.6 Å². The van der Waals surface area contributed by atoms with Crippen molar-refractivity contribution >= 4 is 41.7 Å². The monoisotopic (exact) mass is 424 g/mol. The predicted octanol–water partition coefficient (Wildman–Crippen LogP) is 5.67. The summed E-state index contributed by atoms with van der Waals surface area (Å²) in [5.41, 5.74) is 7.84. The number of hydrogen-bond donors (Lipinski definition) is 0. The SMILES string of the molecule is CC(C)[Si](C#Cn1c(I)nc2ccccc21)(C(C)C)C(C)C. The number of benzene rings is 1. The largest absolute Gasteiger partial charge is 0.246 e. The van der Waals surface area contributed by atoms with Crippen molar-refractivity contribution < 1.29 is 0 Å². The van der Waals surface area contributed by atoms with Gasteiger partial charge in [0.1, 0.15) is 8.07 Å². The molecule has 4 heteroatoms. The van der Waals surface area contributed by atoms with Crippen molar-refractivity contribution in [2.24, 2.45) is 0 Å². The molecule has 0 aliphatic heterocycles. The zero-order chi connectivity index (χ0) is 16.5. The molecular formula is C18H25IN2Si. The zero-order valence-corrected chi connectivity index (χ0v) is 17.5. The van der Waals surface area contributed by atoms with E-state index in [1.54, 1.807) is 0 Å². The molecule has 0 aliphatic rings. The summed E-state index contributed by atoms with van der Waals surface area (Å²) in [6, 6.07) is 11.7. The quantitative estimate of drug-likeness (QED) is 0.353. The molecule has 0 saturated carbocycles. The van der Waals surface area contributed by atoms with Crippen molar-refractivity contribution in [1.82, 2.24) is 9.55 Å². The average molecular weight is 424 g/mol. The van der Waals surface area contributed by atoms with E-state index in [1.165, 1.54) is 0 Å². The van der Waals surface area contributed by atoms with Gasteiger partial charge in [-0.05, 0) is 28.8 Å². The van der Waals surface area contributed by atoms with Crippen molar-refractivity contribution in [2.75, 3.05) is 0 Å². The van der Waals surface area contributed by atoms with E-state index in [1.807, 2.05) is 12.1 Å². The Balaban J connectivity index is 2.60. The molecule has 0 saturated heterocycles. The lowest BCUT2D eigenvalue weighted by Gasteiger charge is -2.37. The number of halogens is 1. The van der Waals surface area contributed by atoms with Gasteiger partial charge in [-0.2, -0.15) is 0 Å². The minimum atomic E-state index is -1.71. The molecule has 0 N–H and O–H groups in total. The van der Waals surface area contributed by atoms with Crippen molar-refractivity contribution in [3.8, 4) is 11.6 Å². The highest BCUT2D eigenvalue weighted by Gasteiger charge is 2.41. The summed E-state index contributed by atoms with van der Waals surface area (Å²) in [5, 5.41) is 0. The fraction of sp³-hybridized carbons (Fsp3) is 0.500. The summed E-state index contributed by atoms with van der Waals surface area (Å²) in [5.74, 6) is 0. The van der Waals surface area contributed by atoms with Crippen molar-refractivity contribution in [3.63, 3.8) is 0 Å². The van der Waals surface area contributed by atoms with Gasteiger partial charge in [-0.15, -0.1) is 5.54 Å². The van der Waals surface area contributed by atoms with E-state index >= 15 is 0 Å². The van der Waals surface area contributed by atoms with Crippen molar-refractivity contribution in [2.45, 2.75) is 58.2 Å². The smallest absolute Gasteiger partial charge is 0.184 e. The molecule has 2 aromatic rings. The molecule has 0 spiro atoms. The van der Waals surface area contributed by atoms with Crippen LogP contribution in [0.2, 0.25) is 16.6 Å². The Labute approximate surface area is 148 Å². The van der Waals surface area contributed by atoms with Crippen LogP contribution in [0.25, 0.3) is 11.0 Å². The van der Waals surface area contributed by atoms with E-state index in [2.05, 4.69) is 97.4 Å². The Hall–Kier alpha value is -0.803. The third-order valence-electron chi connectivity index (χ3n) is 4.77. The zero-order valence-electron chi connectivity index (χ0n) is 14.3. The van der Waals surface area contributed by atoms with Gasteiger partial charge in [0, 0.05) is 28.6 Å². The maximum absolute atomic E-state index is 4.61. The molecule has 0 bridgehead atoms. The lowest BCUT2D eigenvalue weighted by molar-refractivity contribution is 0.838. The minimum absolute atomic E-state index is 0.646. The molecule has 0 fully saturated rings. The second kappa shape index (κ2) is 6.75. The van der Waals surface area contributed by atoms with Gasteiger partial charge in [0.05, 0.1) is 11.0 Å². The van der Waals surface area contributed by atoms with E-state index in [4.69, 9.17) is 0 Å². The van der Waals surface area contributed by atoms with Crippen molar-refractivity contribution in [1.29, 1.82) is 0 Å². The second-order valence-corrected chi connectivity index (χ2v) is 13.4. The predicted molar refractivity (Wildman–Crippen MR) is 107 cm³/mol. The number of para-hydroxylation sites is 2. The summed E-state index contributed by atoms with van der Waals surface area (Å²) in [6.07, 6.45) is 0. The molecule has 2 nitrogen and oxygen atoms in total. The summed E-state index contributed by atoms with van der Waals surface area (Å²) < 4.78 is 3.01. The molecule has 0 aliphatic carbocycles. The van der Waals surface area contributed by atoms with Crippen LogP contribution in [0, 0.1) is 15.4 Å². The van der Waals surface area contributed by atoms with E-state index in [0.29, 0.717) is 16.6 Å². The Morgan fingerprint density at radius 1 is 1.00 bits per heavy atom. The fourth-order valence-corrected chi connectivity index (χ4v) is 9.50. The minimum Gasteiger partial charge on any atom is -0.246 e. The van der Waals surface area contributed by atoms with Crippen molar-refractivity contribution in [3.05, 3.63) is 28.1 Å². The molecule has 118 valence electrons. The number of fused-ring (bicyclic) bond motifs is 1. The van der Waals surface area contributed by atoms with Gasteiger partial charge in [0.15, 0.2) is 3.83 Å².